The lowest BCUT2D eigenvalue weighted by atomic mass is 10.2. The van der Waals surface area contributed by atoms with Crippen molar-refractivity contribution in [3.05, 3.63) is 0 Å². The van der Waals surface area contributed by atoms with Crippen molar-refractivity contribution in [2.45, 2.75) is 23.8 Å². The maximum Gasteiger partial charge on any atom is 0.321 e. The van der Waals surface area contributed by atoms with Crippen LogP contribution in [0.1, 0.15) is 13.8 Å². The quantitative estimate of drug-likeness (QED) is 0.562. The Morgan fingerprint density at radius 3 is 2.71 bits per heavy atom. The number of esters is 1. The molecule has 6 nitrogen and oxygen atoms in total. The Kier molecular flexibility index (Phi) is 3.00. The molecule has 0 fully saturated rings. The molecule has 3 N–H and O–H groups in total. The normalized spacial score (nSPS) is 11.4. The van der Waals surface area contributed by atoms with E-state index in [1.807, 2.05) is 0 Å². The van der Waals surface area contributed by atoms with Gasteiger partial charge in [-0.15, -0.1) is 5.10 Å². The number of nitrogens with two attached hydrogens (primary N) is 1. The number of nitrogen functional groups attached to an aromatic ring is 1. The second-order valence-electron chi connectivity index (χ2n) is 3.11. The molecule has 0 aliphatic carbocycles. The molecule has 0 aromatic carbocycles. The molecule has 0 saturated carbocycles. The molecule has 0 aliphatic rings. The minimum absolute atomic E-state index is 0.230. The monoisotopic (exact) mass is 216 g/mol. The third-order valence-electron chi connectivity index (χ3n) is 1.51. The van der Waals surface area contributed by atoms with Crippen LogP contribution < -0.4 is 5.73 Å². The highest BCUT2D eigenvalue weighted by atomic mass is 32.2. The van der Waals surface area contributed by atoms with Crippen LogP contribution in [0.25, 0.3) is 0 Å². The second kappa shape index (κ2) is 3.87. The Labute approximate surface area is 85.6 Å². The first-order valence-electron chi connectivity index (χ1n) is 3.91. The standard InChI is InChI=1S/C7H12N4O2S/c1-7(2,4(12)13-3)14-6-9-5(8)10-11-6/h1-3H3,(H3,8,9,10,11). The summed E-state index contributed by atoms with van der Waals surface area (Å²) in [5, 5.41) is 6.73. The molecule has 1 rings (SSSR count). The zero-order valence-electron chi connectivity index (χ0n) is 8.20. The number of rotatable bonds is 3. The average Bonchev–Trinajstić information content (AvgIpc) is 2.48. The molecule has 1 heterocycles. The van der Waals surface area contributed by atoms with Crippen LogP contribution in [0.4, 0.5) is 5.95 Å². The van der Waals surface area contributed by atoms with E-state index in [-0.39, 0.29) is 11.9 Å². The number of aromatic nitrogens is 3. The number of carbonyl (C=O) groups is 1. The van der Waals surface area contributed by atoms with Gasteiger partial charge in [0.15, 0.2) is 0 Å². The lowest BCUT2D eigenvalue weighted by molar-refractivity contribution is -0.142. The summed E-state index contributed by atoms with van der Waals surface area (Å²) in [7, 11) is 1.34. The van der Waals surface area contributed by atoms with Crippen molar-refractivity contribution in [3.8, 4) is 0 Å². The van der Waals surface area contributed by atoms with E-state index in [2.05, 4.69) is 19.9 Å². The summed E-state index contributed by atoms with van der Waals surface area (Å²) in [6.07, 6.45) is 0. The fourth-order valence-electron chi connectivity index (χ4n) is 0.819. The van der Waals surface area contributed by atoms with Gasteiger partial charge in [0.1, 0.15) is 4.75 Å². The van der Waals surface area contributed by atoms with Crippen molar-refractivity contribution in [3.63, 3.8) is 0 Å². The van der Waals surface area contributed by atoms with Crippen molar-refractivity contribution >= 4 is 23.7 Å². The van der Waals surface area contributed by atoms with Crippen molar-refractivity contribution in [1.82, 2.24) is 15.2 Å². The maximum absolute atomic E-state index is 11.3. The zero-order valence-corrected chi connectivity index (χ0v) is 9.01. The van der Waals surface area contributed by atoms with Gasteiger partial charge in [-0.05, 0) is 13.8 Å². The molecule has 0 bridgehead atoms. The SMILES string of the molecule is COC(=O)C(C)(C)Sc1n[nH]c(N)n1. The summed E-state index contributed by atoms with van der Waals surface area (Å²) in [4.78, 5) is 15.2. The van der Waals surface area contributed by atoms with Crippen LogP contribution in [0, 0.1) is 0 Å². The van der Waals surface area contributed by atoms with Gasteiger partial charge in [-0.1, -0.05) is 11.8 Å². The molecule has 0 atom stereocenters. The third kappa shape index (κ3) is 2.38. The molecule has 0 aliphatic heterocycles. The molecule has 14 heavy (non-hydrogen) atoms. The van der Waals surface area contributed by atoms with E-state index in [0.29, 0.717) is 5.16 Å². The van der Waals surface area contributed by atoms with Crippen molar-refractivity contribution in [2.24, 2.45) is 0 Å². The Balaban J connectivity index is 2.72. The molecule has 0 spiro atoms. The van der Waals surface area contributed by atoms with E-state index in [9.17, 15) is 4.79 Å². The number of hydrogen-bond donors (Lipinski definition) is 2. The van der Waals surface area contributed by atoms with Crippen LogP contribution in [0.2, 0.25) is 0 Å². The molecule has 0 amide bonds. The second-order valence-corrected chi connectivity index (χ2v) is 4.70. The number of thioether (sulfide) groups is 1. The van der Waals surface area contributed by atoms with Crippen LogP contribution in [-0.4, -0.2) is 33.0 Å². The van der Waals surface area contributed by atoms with Crippen LogP contribution in [-0.2, 0) is 9.53 Å². The molecule has 78 valence electrons. The van der Waals surface area contributed by atoms with Gasteiger partial charge < -0.3 is 10.5 Å². The minimum atomic E-state index is -0.719. The number of anilines is 1. The zero-order chi connectivity index (χ0) is 10.8. The minimum Gasteiger partial charge on any atom is -0.468 e. The van der Waals surface area contributed by atoms with E-state index in [0.717, 1.165) is 0 Å². The largest absolute Gasteiger partial charge is 0.468 e. The molecule has 7 heteroatoms. The summed E-state index contributed by atoms with van der Waals surface area (Å²) in [6, 6.07) is 0. The number of methoxy groups -OCH3 is 1. The Bertz CT molecular complexity index is 336. The predicted octanol–water partition coefficient (Wildman–Crippen LogP) is 0.431. The molecule has 0 saturated heterocycles. The van der Waals surface area contributed by atoms with E-state index in [4.69, 9.17) is 5.73 Å². The number of H-pyrrole nitrogens is 1. The summed E-state index contributed by atoms with van der Waals surface area (Å²) < 4.78 is 3.92. The highest BCUT2D eigenvalue weighted by Crippen LogP contribution is 2.30. The van der Waals surface area contributed by atoms with Gasteiger partial charge in [-0.3, -0.25) is 4.79 Å². The number of nitrogens with zero attached hydrogens (tertiary/aromatic N) is 2. The summed E-state index contributed by atoms with van der Waals surface area (Å²) in [5.74, 6) is -0.0981. The first-order chi connectivity index (χ1) is 6.45. The predicted molar refractivity (Wildman–Crippen MR) is 52.7 cm³/mol. The number of hydrogen-bond acceptors (Lipinski definition) is 6. The fraction of sp³-hybridized carbons (Fsp3) is 0.571. The van der Waals surface area contributed by atoms with Crippen LogP contribution >= 0.6 is 11.8 Å². The van der Waals surface area contributed by atoms with Gasteiger partial charge in [0.2, 0.25) is 11.1 Å². The lowest BCUT2D eigenvalue weighted by Crippen LogP contribution is -2.29. The van der Waals surface area contributed by atoms with Crippen LogP contribution in [0.15, 0.2) is 5.16 Å². The van der Waals surface area contributed by atoms with Gasteiger partial charge in [-0.2, -0.15) is 4.98 Å². The van der Waals surface area contributed by atoms with Crippen molar-refractivity contribution in [1.29, 1.82) is 0 Å². The van der Waals surface area contributed by atoms with Crippen LogP contribution in [0.3, 0.4) is 0 Å². The topological polar surface area (TPSA) is 93.9 Å². The molecule has 1 aromatic rings. The van der Waals surface area contributed by atoms with Crippen LogP contribution in [0.5, 0.6) is 0 Å². The van der Waals surface area contributed by atoms with Gasteiger partial charge >= 0.3 is 5.97 Å². The van der Waals surface area contributed by atoms with Gasteiger partial charge in [0.25, 0.3) is 0 Å². The third-order valence-corrected chi connectivity index (χ3v) is 2.55. The van der Waals surface area contributed by atoms with Gasteiger partial charge in [-0.25, -0.2) is 5.10 Å². The summed E-state index contributed by atoms with van der Waals surface area (Å²) >= 11 is 1.19. The molecule has 0 radical (unpaired) electrons. The molecular weight excluding hydrogens is 204 g/mol. The average molecular weight is 216 g/mol. The molecule has 0 unspecified atom stereocenters. The number of ether oxygens (including phenoxy) is 1. The van der Waals surface area contributed by atoms with E-state index in [1.165, 1.54) is 18.9 Å². The molecular formula is C7H12N4O2S. The highest BCUT2D eigenvalue weighted by molar-refractivity contribution is 8.01. The van der Waals surface area contributed by atoms with E-state index in [1.54, 1.807) is 13.8 Å². The Morgan fingerprint density at radius 1 is 1.64 bits per heavy atom. The first-order valence-corrected chi connectivity index (χ1v) is 4.72. The van der Waals surface area contributed by atoms with E-state index < -0.39 is 4.75 Å². The maximum atomic E-state index is 11.3. The number of aromatic amines is 1. The van der Waals surface area contributed by atoms with E-state index >= 15 is 0 Å². The highest BCUT2D eigenvalue weighted by Gasteiger charge is 2.31. The van der Waals surface area contributed by atoms with Gasteiger partial charge in [0, 0.05) is 0 Å². The van der Waals surface area contributed by atoms with Crippen molar-refractivity contribution in [2.75, 3.05) is 12.8 Å². The summed E-state index contributed by atoms with van der Waals surface area (Å²) in [5.41, 5.74) is 5.35. The Hall–Kier alpha value is -1.24. The Morgan fingerprint density at radius 2 is 2.29 bits per heavy atom. The van der Waals surface area contributed by atoms with Gasteiger partial charge in [0.05, 0.1) is 7.11 Å². The lowest BCUT2D eigenvalue weighted by Gasteiger charge is -2.18. The number of carbonyl (C=O) groups excluding carboxylic acids is 1. The molecule has 1 aromatic heterocycles. The summed E-state index contributed by atoms with van der Waals surface area (Å²) in [6.45, 7) is 3.46. The number of nitrogens with one attached hydrogen (secondary N) is 1. The first kappa shape index (κ1) is 10.8. The van der Waals surface area contributed by atoms with Crippen molar-refractivity contribution < 1.29 is 9.53 Å². The smallest absolute Gasteiger partial charge is 0.321 e. The fourth-order valence-corrected chi connectivity index (χ4v) is 1.68.